The van der Waals surface area contributed by atoms with E-state index in [-0.39, 0.29) is 18.0 Å². The third kappa shape index (κ3) is 3.28. The van der Waals surface area contributed by atoms with Gasteiger partial charge >= 0.3 is 5.69 Å². The van der Waals surface area contributed by atoms with Gasteiger partial charge in [-0.1, -0.05) is 24.3 Å². The molecule has 2 aromatic heterocycles. The minimum Gasteiger partial charge on any atom is -0.326 e. The van der Waals surface area contributed by atoms with Crippen LogP contribution in [0.4, 0.5) is 5.69 Å². The first kappa shape index (κ1) is 18.3. The van der Waals surface area contributed by atoms with Crippen LogP contribution in [0.15, 0.2) is 53.3 Å². The Hall–Kier alpha value is -3.75. The molecule has 1 fully saturated rings. The topological polar surface area (TPSA) is 99.6 Å². The summed E-state index contributed by atoms with van der Waals surface area (Å²) >= 11 is 0. The molecule has 2 heterocycles. The van der Waals surface area contributed by atoms with Crippen molar-refractivity contribution >= 4 is 22.6 Å². The number of aryl methyl sites for hydroxylation is 2. The number of hydrogen-bond donors (Lipinski definition) is 1. The predicted molar refractivity (Wildman–Crippen MR) is 112 cm³/mol. The number of para-hydroxylation sites is 2. The summed E-state index contributed by atoms with van der Waals surface area (Å²) in [6, 6.07) is 15.4. The van der Waals surface area contributed by atoms with E-state index in [1.54, 1.807) is 16.2 Å². The highest BCUT2D eigenvalue weighted by molar-refractivity contribution is 5.91. The molecule has 0 aliphatic heterocycles. The van der Waals surface area contributed by atoms with Crippen molar-refractivity contribution in [1.29, 1.82) is 0 Å². The first-order valence-corrected chi connectivity index (χ1v) is 9.94. The van der Waals surface area contributed by atoms with E-state index in [2.05, 4.69) is 20.8 Å². The van der Waals surface area contributed by atoms with Crippen molar-refractivity contribution in [3.8, 4) is 11.4 Å². The van der Waals surface area contributed by atoms with Crippen molar-refractivity contribution in [2.45, 2.75) is 31.8 Å². The smallest absolute Gasteiger partial charge is 0.326 e. The number of nitrogens with one attached hydrogen (secondary N) is 1. The van der Waals surface area contributed by atoms with Crippen LogP contribution in [0.2, 0.25) is 0 Å². The molecule has 9 heteroatoms. The molecule has 0 unspecified atom stereocenters. The maximum atomic E-state index is 12.5. The summed E-state index contributed by atoms with van der Waals surface area (Å²) in [5.74, 6) is 0.546. The first-order chi connectivity index (χ1) is 14.6. The monoisotopic (exact) mass is 403 g/mol. The van der Waals surface area contributed by atoms with Gasteiger partial charge in [0.15, 0.2) is 5.82 Å². The zero-order valence-corrected chi connectivity index (χ0v) is 16.5. The number of anilines is 1. The summed E-state index contributed by atoms with van der Waals surface area (Å²) in [7, 11) is 1.74. The third-order valence-corrected chi connectivity index (χ3v) is 5.40. The minimum atomic E-state index is -0.159. The standard InChI is InChI=1S/C21H21N7O2/c1-26-17-7-2-3-8-18(17)27(21(26)30)12-11-19(29)22-15-6-4-5-14(13-15)20-23-24-25-28(20)16-9-10-16/h2-8,13,16H,9-12H2,1H3,(H,22,29). The number of amides is 1. The van der Waals surface area contributed by atoms with Crippen LogP contribution in [0.1, 0.15) is 25.3 Å². The Morgan fingerprint density at radius 2 is 1.93 bits per heavy atom. The van der Waals surface area contributed by atoms with Crippen molar-refractivity contribution in [2.75, 3.05) is 5.32 Å². The molecular weight excluding hydrogens is 382 g/mol. The highest BCUT2D eigenvalue weighted by Gasteiger charge is 2.28. The van der Waals surface area contributed by atoms with E-state index in [1.807, 2.05) is 53.2 Å². The van der Waals surface area contributed by atoms with E-state index < -0.39 is 0 Å². The largest absolute Gasteiger partial charge is 0.328 e. The van der Waals surface area contributed by atoms with Crippen molar-refractivity contribution in [1.82, 2.24) is 29.3 Å². The molecular formula is C21H21N7O2. The maximum absolute atomic E-state index is 12.5. The lowest BCUT2D eigenvalue weighted by Gasteiger charge is -2.08. The molecule has 9 nitrogen and oxygen atoms in total. The van der Waals surface area contributed by atoms with Gasteiger partial charge in [-0.05, 0) is 47.5 Å². The lowest BCUT2D eigenvalue weighted by Crippen LogP contribution is -2.24. The van der Waals surface area contributed by atoms with E-state index in [1.165, 1.54) is 0 Å². The third-order valence-electron chi connectivity index (χ3n) is 5.40. The Morgan fingerprint density at radius 1 is 1.13 bits per heavy atom. The van der Waals surface area contributed by atoms with Crippen molar-refractivity contribution < 1.29 is 4.79 Å². The fourth-order valence-electron chi connectivity index (χ4n) is 3.70. The van der Waals surface area contributed by atoms with E-state index in [4.69, 9.17) is 0 Å². The van der Waals surface area contributed by atoms with Gasteiger partial charge in [0.05, 0.1) is 17.1 Å². The number of rotatable bonds is 6. The van der Waals surface area contributed by atoms with E-state index in [0.717, 1.165) is 29.4 Å². The molecule has 0 atom stereocenters. The fourth-order valence-corrected chi connectivity index (χ4v) is 3.70. The van der Waals surface area contributed by atoms with Crippen molar-refractivity contribution in [3.05, 3.63) is 59.0 Å². The maximum Gasteiger partial charge on any atom is 0.328 e. The Labute approximate surface area is 171 Å². The van der Waals surface area contributed by atoms with E-state index in [0.29, 0.717) is 24.1 Å². The number of aromatic nitrogens is 6. The van der Waals surface area contributed by atoms with Crippen LogP contribution >= 0.6 is 0 Å². The second kappa shape index (κ2) is 7.25. The molecule has 4 aromatic rings. The molecule has 152 valence electrons. The summed E-state index contributed by atoms with van der Waals surface area (Å²) in [6.45, 7) is 0.311. The Morgan fingerprint density at radius 3 is 2.73 bits per heavy atom. The second-order valence-corrected chi connectivity index (χ2v) is 7.54. The van der Waals surface area contributed by atoms with Crippen LogP contribution in [-0.2, 0) is 18.4 Å². The molecule has 1 aliphatic carbocycles. The SMILES string of the molecule is Cn1c(=O)n(CCC(=O)Nc2cccc(-c3nnnn3C3CC3)c2)c2ccccc21. The molecule has 1 amide bonds. The highest BCUT2D eigenvalue weighted by atomic mass is 16.2. The van der Waals surface area contributed by atoms with Gasteiger partial charge in [-0.15, -0.1) is 5.10 Å². The lowest BCUT2D eigenvalue weighted by molar-refractivity contribution is -0.116. The summed E-state index contributed by atoms with van der Waals surface area (Å²) in [4.78, 5) is 25.0. The number of carbonyl (C=O) groups excluding carboxylic acids is 1. The normalized spacial score (nSPS) is 13.6. The summed E-state index contributed by atoms with van der Waals surface area (Å²) < 4.78 is 5.07. The zero-order chi connectivity index (χ0) is 20.7. The summed E-state index contributed by atoms with van der Waals surface area (Å²) in [5, 5.41) is 14.9. The van der Waals surface area contributed by atoms with Gasteiger partial charge in [-0.2, -0.15) is 0 Å². The number of imidazole rings is 1. The van der Waals surface area contributed by atoms with E-state index in [9.17, 15) is 9.59 Å². The molecule has 0 bridgehead atoms. The predicted octanol–water partition coefficient (Wildman–Crippen LogP) is 2.36. The molecule has 0 saturated heterocycles. The minimum absolute atomic E-state index is 0.127. The zero-order valence-electron chi connectivity index (χ0n) is 16.5. The van der Waals surface area contributed by atoms with Crippen LogP contribution < -0.4 is 11.0 Å². The van der Waals surface area contributed by atoms with Crippen molar-refractivity contribution in [3.63, 3.8) is 0 Å². The van der Waals surface area contributed by atoms with E-state index >= 15 is 0 Å². The second-order valence-electron chi connectivity index (χ2n) is 7.54. The van der Waals surface area contributed by atoms with Crippen LogP contribution in [0.25, 0.3) is 22.4 Å². The number of hydrogen-bond acceptors (Lipinski definition) is 5. The highest BCUT2D eigenvalue weighted by Crippen LogP contribution is 2.36. The van der Waals surface area contributed by atoms with Crippen LogP contribution in [0.5, 0.6) is 0 Å². The first-order valence-electron chi connectivity index (χ1n) is 9.94. The van der Waals surface area contributed by atoms with Gasteiger partial charge in [-0.25, -0.2) is 9.48 Å². The Balaban J connectivity index is 1.30. The molecule has 0 radical (unpaired) electrons. The lowest BCUT2D eigenvalue weighted by atomic mass is 10.2. The molecule has 30 heavy (non-hydrogen) atoms. The number of fused-ring (bicyclic) bond motifs is 1. The molecule has 1 saturated carbocycles. The quantitative estimate of drug-likeness (QED) is 0.533. The molecule has 2 aromatic carbocycles. The number of carbonyl (C=O) groups is 1. The Kier molecular flexibility index (Phi) is 4.42. The number of tetrazole rings is 1. The van der Waals surface area contributed by atoms with Gasteiger partial charge in [0, 0.05) is 31.3 Å². The Bertz CT molecular complexity index is 1300. The van der Waals surface area contributed by atoms with Gasteiger partial charge < -0.3 is 5.32 Å². The van der Waals surface area contributed by atoms with Crippen LogP contribution in [0, 0.1) is 0 Å². The average molecular weight is 403 g/mol. The summed E-state index contributed by atoms with van der Waals surface area (Å²) in [6.07, 6.45) is 2.36. The van der Waals surface area contributed by atoms with Crippen LogP contribution in [-0.4, -0.2) is 35.2 Å². The van der Waals surface area contributed by atoms with Gasteiger partial charge in [-0.3, -0.25) is 13.9 Å². The average Bonchev–Trinajstić information content (AvgIpc) is 3.43. The molecule has 1 aliphatic rings. The fraction of sp³-hybridized carbons (Fsp3) is 0.286. The number of nitrogens with zero attached hydrogens (tertiary/aromatic N) is 6. The molecule has 1 N–H and O–H groups in total. The van der Waals surface area contributed by atoms with Gasteiger partial charge in [0.2, 0.25) is 5.91 Å². The summed E-state index contributed by atoms with van der Waals surface area (Å²) in [5.41, 5.74) is 3.08. The molecule has 5 rings (SSSR count). The van der Waals surface area contributed by atoms with Crippen molar-refractivity contribution in [2.24, 2.45) is 7.05 Å². The molecule has 0 spiro atoms. The van der Waals surface area contributed by atoms with Gasteiger partial charge in [0.1, 0.15) is 0 Å². The van der Waals surface area contributed by atoms with Gasteiger partial charge in [0.25, 0.3) is 0 Å². The van der Waals surface area contributed by atoms with Crippen LogP contribution in [0.3, 0.4) is 0 Å². The number of benzene rings is 2.